The maximum atomic E-state index is 11.5. The first-order valence-corrected chi connectivity index (χ1v) is 5.02. The molecular weight excluding hydrogens is 212 g/mol. The van der Waals surface area contributed by atoms with Gasteiger partial charge in [0.1, 0.15) is 12.4 Å². The molecule has 0 saturated carbocycles. The van der Waals surface area contributed by atoms with Crippen LogP contribution in [0.5, 0.6) is 0 Å². The number of nitrogens with zero attached hydrogens (tertiary/aromatic N) is 2. The van der Waals surface area contributed by atoms with Crippen LogP contribution in [-0.4, -0.2) is 43.1 Å². The Labute approximate surface area is 93.5 Å². The number of ether oxygens (including phenoxy) is 2. The van der Waals surface area contributed by atoms with Gasteiger partial charge in [0.25, 0.3) is 0 Å². The van der Waals surface area contributed by atoms with E-state index in [0.29, 0.717) is 0 Å². The molecule has 0 aromatic heterocycles. The summed E-state index contributed by atoms with van der Waals surface area (Å²) in [5, 5.41) is 0. The summed E-state index contributed by atoms with van der Waals surface area (Å²) in [5.74, 6) is -0.554. The summed E-state index contributed by atoms with van der Waals surface area (Å²) >= 11 is 0. The standard InChI is InChI=1S/C10H14N2O4/c1-3-15-9(13)8-5-6-11-7-12(8)10(14)16-4-2/h5-6H,3-4,7H2,1-2H3. The highest BCUT2D eigenvalue weighted by atomic mass is 16.6. The first kappa shape index (κ1) is 12.2. The maximum absolute atomic E-state index is 11.5. The Balaban J connectivity index is 2.77. The number of hydrogen-bond donors (Lipinski definition) is 0. The van der Waals surface area contributed by atoms with E-state index in [4.69, 9.17) is 9.47 Å². The van der Waals surface area contributed by atoms with E-state index < -0.39 is 12.1 Å². The topological polar surface area (TPSA) is 68.2 Å². The molecule has 0 N–H and O–H groups in total. The van der Waals surface area contributed by atoms with Gasteiger partial charge in [-0.25, -0.2) is 9.59 Å². The molecule has 1 amide bonds. The number of esters is 1. The smallest absolute Gasteiger partial charge is 0.416 e. The average molecular weight is 226 g/mol. The van der Waals surface area contributed by atoms with Crippen molar-refractivity contribution in [3.05, 3.63) is 11.8 Å². The summed E-state index contributed by atoms with van der Waals surface area (Å²) in [6, 6.07) is 0. The summed E-state index contributed by atoms with van der Waals surface area (Å²) in [4.78, 5) is 28.0. The average Bonchev–Trinajstić information content (AvgIpc) is 2.30. The molecule has 16 heavy (non-hydrogen) atoms. The van der Waals surface area contributed by atoms with Crippen molar-refractivity contribution in [1.29, 1.82) is 0 Å². The van der Waals surface area contributed by atoms with Gasteiger partial charge < -0.3 is 9.47 Å². The number of rotatable bonds is 3. The third-order valence-corrected chi connectivity index (χ3v) is 1.82. The van der Waals surface area contributed by atoms with Crippen LogP contribution in [0, 0.1) is 0 Å². The fraction of sp³-hybridized carbons (Fsp3) is 0.500. The maximum Gasteiger partial charge on any atom is 0.416 e. The molecule has 6 heteroatoms. The molecule has 0 fully saturated rings. The first-order valence-electron chi connectivity index (χ1n) is 5.02. The van der Waals surface area contributed by atoms with Gasteiger partial charge in [0, 0.05) is 6.21 Å². The predicted molar refractivity (Wildman–Crippen MR) is 56.9 cm³/mol. The minimum atomic E-state index is -0.598. The molecule has 0 atom stereocenters. The van der Waals surface area contributed by atoms with E-state index in [1.54, 1.807) is 13.8 Å². The van der Waals surface area contributed by atoms with E-state index >= 15 is 0 Å². The van der Waals surface area contributed by atoms with Crippen LogP contribution in [-0.2, 0) is 14.3 Å². The van der Waals surface area contributed by atoms with E-state index in [-0.39, 0.29) is 25.6 Å². The number of carbonyl (C=O) groups excluding carboxylic acids is 2. The Morgan fingerprint density at radius 2 is 2.06 bits per heavy atom. The summed E-state index contributed by atoms with van der Waals surface area (Å²) in [5.41, 5.74) is 0.148. The number of aliphatic imine (C=N–C) groups is 1. The summed E-state index contributed by atoms with van der Waals surface area (Å²) in [7, 11) is 0. The van der Waals surface area contributed by atoms with E-state index in [9.17, 15) is 9.59 Å². The van der Waals surface area contributed by atoms with Crippen molar-refractivity contribution in [2.24, 2.45) is 4.99 Å². The lowest BCUT2D eigenvalue weighted by atomic mass is 10.3. The van der Waals surface area contributed by atoms with Gasteiger partial charge in [-0.1, -0.05) is 0 Å². The normalized spacial score (nSPS) is 14.4. The second-order valence-corrected chi connectivity index (χ2v) is 2.87. The fourth-order valence-corrected chi connectivity index (χ4v) is 1.16. The van der Waals surface area contributed by atoms with E-state index in [1.807, 2.05) is 0 Å². The van der Waals surface area contributed by atoms with E-state index in [1.165, 1.54) is 12.3 Å². The third-order valence-electron chi connectivity index (χ3n) is 1.82. The van der Waals surface area contributed by atoms with Crippen LogP contribution >= 0.6 is 0 Å². The fourth-order valence-electron chi connectivity index (χ4n) is 1.16. The third kappa shape index (κ3) is 2.82. The Hall–Kier alpha value is -1.85. The van der Waals surface area contributed by atoms with Crippen molar-refractivity contribution in [1.82, 2.24) is 4.90 Å². The minimum absolute atomic E-state index is 0.0729. The molecule has 0 aliphatic carbocycles. The van der Waals surface area contributed by atoms with Gasteiger partial charge in [0.15, 0.2) is 0 Å². The van der Waals surface area contributed by atoms with Gasteiger partial charge in [-0.15, -0.1) is 0 Å². The molecule has 0 radical (unpaired) electrons. The highest BCUT2D eigenvalue weighted by Crippen LogP contribution is 2.11. The molecule has 0 aromatic rings. The van der Waals surface area contributed by atoms with Crippen LogP contribution in [0.3, 0.4) is 0 Å². The Morgan fingerprint density at radius 1 is 1.38 bits per heavy atom. The molecule has 1 aliphatic heterocycles. The molecule has 0 unspecified atom stereocenters. The van der Waals surface area contributed by atoms with Gasteiger partial charge in [-0.3, -0.25) is 9.89 Å². The first-order chi connectivity index (χ1) is 7.70. The van der Waals surface area contributed by atoms with Gasteiger partial charge in [0.2, 0.25) is 0 Å². The quantitative estimate of drug-likeness (QED) is 0.671. The lowest BCUT2D eigenvalue weighted by Crippen LogP contribution is -2.36. The van der Waals surface area contributed by atoms with Crippen molar-refractivity contribution in [2.45, 2.75) is 13.8 Å². The van der Waals surface area contributed by atoms with Crippen molar-refractivity contribution < 1.29 is 19.1 Å². The Bertz CT molecular complexity index is 336. The van der Waals surface area contributed by atoms with Crippen molar-refractivity contribution in [3.63, 3.8) is 0 Å². The second-order valence-electron chi connectivity index (χ2n) is 2.87. The monoisotopic (exact) mass is 226 g/mol. The lowest BCUT2D eigenvalue weighted by Gasteiger charge is -2.22. The zero-order valence-corrected chi connectivity index (χ0v) is 9.30. The molecule has 1 rings (SSSR count). The molecular formula is C10H14N2O4. The van der Waals surface area contributed by atoms with Crippen LogP contribution in [0.25, 0.3) is 0 Å². The molecule has 0 saturated heterocycles. The largest absolute Gasteiger partial charge is 0.461 e. The zero-order chi connectivity index (χ0) is 12.0. The summed E-state index contributed by atoms with van der Waals surface area (Å²) < 4.78 is 9.63. The molecule has 0 bridgehead atoms. The van der Waals surface area contributed by atoms with Crippen LogP contribution in [0.2, 0.25) is 0 Å². The van der Waals surface area contributed by atoms with Crippen LogP contribution < -0.4 is 0 Å². The molecule has 1 aliphatic rings. The SMILES string of the molecule is CCOC(=O)C1=CC=NCN1C(=O)OCC. The molecule has 0 spiro atoms. The van der Waals surface area contributed by atoms with Crippen molar-refractivity contribution in [2.75, 3.05) is 19.9 Å². The highest BCUT2D eigenvalue weighted by molar-refractivity contribution is 5.97. The van der Waals surface area contributed by atoms with Crippen LogP contribution in [0.4, 0.5) is 4.79 Å². The number of allylic oxidation sites excluding steroid dienone is 1. The van der Waals surface area contributed by atoms with Crippen LogP contribution in [0.1, 0.15) is 13.8 Å². The molecule has 88 valence electrons. The highest BCUT2D eigenvalue weighted by Gasteiger charge is 2.26. The molecule has 0 aromatic carbocycles. The van der Waals surface area contributed by atoms with Gasteiger partial charge >= 0.3 is 12.1 Å². The minimum Gasteiger partial charge on any atom is -0.461 e. The van der Waals surface area contributed by atoms with E-state index in [2.05, 4.69) is 4.99 Å². The Morgan fingerprint density at radius 3 is 2.69 bits per heavy atom. The number of hydrogen-bond acceptors (Lipinski definition) is 5. The number of amides is 1. The predicted octanol–water partition coefficient (Wildman–Crippen LogP) is 0.934. The Kier molecular flexibility index (Phi) is 4.50. The molecule has 1 heterocycles. The van der Waals surface area contributed by atoms with Crippen LogP contribution in [0.15, 0.2) is 16.8 Å². The van der Waals surface area contributed by atoms with E-state index in [0.717, 1.165) is 4.90 Å². The van der Waals surface area contributed by atoms with Crippen molar-refractivity contribution in [3.8, 4) is 0 Å². The summed E-state index contributed by atoms with van der Waals surface area (Å²) in [6.45, 7) is 3.96. The number of carbonyl (C=O) groups is 2. The van der Waals surface area contributed by atoms with Crippen molar-refractivity contribution >= 4 is 18.3 Å². The molecule has 6 nitrogen and oxygen atoms in total. The summed E-state index contributed by atoms with van der Waals surface area (Å²) in [6.07, 6.45) is 2.29. The van der Waals surface area contributed by atoms with Gasteiger partial charge in [-0.05, 0) is 19.9 Å². The van der Waals surface area contributed by atoms with Gasteiger partial charge in [-0.2, -0.15) is 0 Å². The lowest BCUT2D eigenvalue weighted by molar-refractivity contribution is -0.140. The second kappa shape index (κ2) is 5.89. The zero-order valence-electron chi connectivity index (χ0n) is 9.30. The van der Waals surface area contributed by atoms with Gasteiger partial charge in [0.05, 0.1) is 13.2 Å².